The number of hydrogen-bond donors (Lipinski definition) is 1. The van der Waals surface area contributed by atoms with Crippen LogP contribution in [-0.2, 0) is 26.1 Å². The number of primary amides is 1. The topological polar surface area (TPSA) is 150 Å². The van der Waals surface area contributed by atoms with Gasteiger partial charge in [0.15, 0.2) is 0 Å². The molecule has 3 rings (SSSR count). The maximum absolute atomic E-state index is 13.7. The average Bonchev–Trinajstić information content (AvgIpc) is 2.84. The van der Waals surface area contributed by atoms with Crippen LogP contribution in [0.15, 0.2) is 83.8 Å². The Bertz CT molecular complexity index is 1310. The largest absolute Gasteiger partial charge is 0.465 e. The number of benzene rings is 3. The lowest BCUT2D eigenvalue weighted by Gasteiger charge is -2.29. The number of rotatable bonds is 9. The summed E-state index contributed by atoms with van der Waals surface area (Å²) >= 11 is 0. The number of carbonyl (C=O) groups excluding carboxylic acids is 2. The molecule has 0 aliphatic heterocycles. The van der Waals surface area contributed by atoms with Crippen LogP contribution in [0.1, 0.15) is 27.5 Å². The normalized spacial score (nSPS) is 12.2. The Balaban J connectivity index is 2.13. The Labute approximate surface area is 195 Å². The number of carbonyl (C=O) groups is 2. The molecule has 1 amide bonds. The van der Waals surface area contributed by atoms with E-state index in [0.717, 1.165) is 16.4 Å². The van der Waals surface area contributed by atoms with Crippen LogP contribution in [0.5, 0.6) is 0 Å². The first-order chi connectivity index (χ1) is 16.1. The summed E-state index contributed by atoms with van der Waals surface area (Å²) in [4.78, 5) is 34.4. The molecule has 0 saturated carbocycles. The smallest absolute Gasteiger partial charge is 0.337 e. The first-order valence-electron chi connectivity index (χ1n) is 9.93. The van der Waals surface area contributed by atoms with E-state index in [1.807, 2.05) is 0 Å². The van der Waals surface area contributed by atoms with Crippen molar-refractivity contribution in [2.45, 2.75) is 17.5 Å². The fourth-order valence-electron chi connectivity index (χ4n) is 3.36. The second kappa shape index (κ2) is 10.2. The fraction of sp³-hybridized carbons (Fsp3) is 0.130. The van der Waals surface area contributed by atoms with Gasteiger partial charge in [-0.25, -0.2) is 13.2 Å². The highest BCUT2D eigenvalue weighted by atomic mass is 32.2. The zero-order chi connectivity index (χ0) is 24.9. The van der Waals surface area contributed by atoms with Gasteiger partial charge in [0.05, 0.1) is 22.5 Å². The lowest BCUT2D eigenvalue weighted by Crippen LogP contribution is -2.41. The molecule has 0 unspecified atom stereocenters. The van der Waals surface area contributed by atoms with Crippen molar-refractivity contribution in [1.29, 1.82) is 0 Å². The van der Waals surface area contributed by atoms with Crippen LogP contribution >= 0.6 is 0 Å². The molecule has 0 heterocycles. The van der Waals surface area contributed by atoms with E-state index in [9.17, 15) is 28.1 Å². The third-order valence-electron chi connectivity index (χ3n) is 5.02. The van der Waals surface area contributed by atoms with Crippen molar-refractivity contribution in [3.05, 3.63) is 106 Å². The van der Waals surface area contributed by atoms with Gasteiger partial charge in [-0.15, -0.1) is 0 Å². The van der Waals surface area contributed by atoms with Crippen LogP contribution < -0.4 is 5.73 Å². The van der Waals surface area contributed by atoms with E-state index in [2.05, 4.69) is 4.74 Å². The minimum Gasteiger partial charge on any atom is -0.465 e. The molecule has 34 heavy (non-hydrogen) atoms. The molecule has 3 aromatic carbocycles. The second-order valence-corrected chi connectivity index (χ2v) is 9.10. The molecule has 10 nitrogen and oxygen atoms in total. The van der Waals surface area contributed by atoms with Gasteiger partial charge in [0.2, 0.25) is 15.9 Å². The van der Waals surface area contributed by atoms with Crippen molar-refractivity contribution in [2.75, 3.05) is 7.11 Å². The number of amides is 1. The first-order valence-corrected chi connectivity index (χ1v) is 11.4. The highest BCUT2D eigenvalue weighted by Crippen LogP contribution is 2.31. The molecule has 0 bridgehead atoms. The van der Waals surface area contributed by atoms with E-state index in [1.54, 1.807) is 30.3 Å². The Hall–Kier alpha value is -4.09. The van der Waals surface area contributed by atoms with E-state index in [1.165, 1.54) is 43.5 Å². The molecule has 0 spiro atoms. The molecule has 0 aromatic heterocycles. The lowest BCUT2D eigenvalue weighted by molar-refractivity contribution is -0.385. The number of nitro benzene ring substituents is 1. The lowest BCUT2D eigenvalue weighted by atomic mass is 10.1. The van der Waals surface area contributed by atoms with Crippen molar-refractivity contribution in [3.63, 3.8) is 0 Å². The molecule has 2 N–H and O–H groups in total. The Morgan fingerprint density at radius 1 is 1.03 bits per heavy atom. The van der Waals surface area contributed by atoms with Gasteiger partial charge in [-0.05, 0) is 29.3 Å². The van der Waals surface area contributed by atoms with Crippen molar-refractivity contribution in [1.82, 2.24) is 4.31 Å². The maximum atomic E-state index is 13.7. The molecule has 0 aliphatic rings. The zero-order valence-electron chi connectivity index (χ0n) is 18.0. The summed E-state index contributed by atoms with van der Waals surface area (Å²) in [5, 5.41) is 11.2. The van der Waals surface area contributed by atoms with Gasteiger partial charge in [-0.3, -0.25) is 14.9 Å². The Morgan fingerprint density at radius 3 is 2.24 bits per heavy atom. The van der Waals surface area contributed by atoms with E-state index in [0.29, 0.717) is 11.1 Å². The zero-order valence-corrected chi connectivity index (χ0v) is 18.8. The average molecular weight is 484 g/mol. The number of hydrogen-bond acceptors (Lipinski definition) is 7. The molecule has 0 radical (unpaired) electrons. The van der Waals surface area contributed by atoms with Gasteiger partial charge in [-0.1, -0.05) is 48.5 Å². The summed E-state index contributed by atoms with van der Waals surface area (Å²) in [5.74, 6) is -1.49. The summed E-state index contributed by atoms with van der Waals surface area (Å²) in [7, 11) is -3.21. The highest BCUT2D eigenvalue weighted by molar-refractivity contribution is 7.89. The number of nitro groups is 1. The van der Waals surface area contributed by atoms with E-state index in [4.69, 9.17) is 5.73 Å². The second-order valence-electron chi connectivity index (χ2n) is 7.21. The predicted molar refractivity (Wildman–Crippen MR) is 122 cm³/mol. The number of esters is 1. The van der Waals surface area contributed by atoms with Gasteiger partial charge in [-0.2, -0.15) is 4.31 Å². The van der Waals surface area contributed by atoms with E-state index in [-0.39, 0.29) is 17.0 Å². The van der Waals surface area contributed by atoms with Crippen molar-refractivity contribution in [3.8, 4) is 0 Å². The van der Waals surface area contributed by atoms with E-state index < -0.39 is 38.6 Å². The maximum Gasteiger partial charge on any atom is 0.337 e. The standard InChI is InChI=1S/C23H21N3O7S/c1-33-23(28)18-12-10-16(11-13-18)15-25(21(22(24)27)17-6-3-2-4-7-17)34(31,32)20-9-5-8-19(14-20)26(29)30/h2-14,21H,15H2,1H3,(H2,24,27)/t21-/m1/s1. The van der Waals surface area contributed by atoms with Gasteiger partial charge >= 0.3 is 5.97 Å². The van der Waals surface area contributed by atoms with Gasteiger partial charge in [0.25, 0.3) is 5.69 Å². The molecule has 1 atom stereocenters. The number of nitrogens with zero attached hydrogens (tertiary/aromatic N) is 2. The third-order valence-corrected chi connectivity index (χ3v) is 6.83. The SMILES string of the molecule is COC(=O)c1ccc(CN([C@@H](C(N)=O)c2ccccc2)S(=O)(=O)c2cccc([N+](=O)[O-])c2)cc1. The molecule has 176 valence electrons. The molecule has 0 fully saturated rings. The van der Waals surface area contributed by atoms with Crippen LogP contribution in [0.4, 0.5) is 5.69 Å². The van der Waals surface area contributed by atoms with Crippen LogP contribution in [-0.4, -0.2) is 36.6 Å². The molecular weight excluding hydrogens is 462 g/mol. The summed E-state index contributed by atoms with van der Waals surface area (Å²) < 4.78 is 32.9. The molecule has 0 saturated heterocycles. The highest BCUT2D eigenvalue weighted by Gasteiger charge is 2.36. The third kappa shape index (κ3) is 5.27. The van der Waals surface area contributed by atoms with Crippen molar-refractivity contribution < 1.29 is 27.7 Å². The van der Waals surface area contributed by atoms with Crippen molar-refractivity contribution in [2.24, 2.45) is 5.73 Å². The number of methoxy groups -OCH3 is 1. The van der Waals surface area contributed by atoms with Gasteiger partial charge in [0, 0.05) is 18.7 Å². The summed E-state index contributed by atoms with van der Waals surface area (Å²) in [6.45, 7) is -0.297. The van der Waals surface area contributed by atoms with Crippen molar-refractivity contribution >= 4 is 27.6 Å². The van der Waals surface area contributed by atoms with Gasteiger partial charge < -0.3 is 10.5 Å². The number of ether oxygens (including phenoxy) is 1. The molecule has 3 aromatic rings. The summed E-state index contributed by atoms with van der Waals surface area (Å²) in [6, 6.07) is 17.2. The summed E-state index contributed by atoms with van der Waals surface area (Å²) in [6.07, 6.45) is 0. The first kappa shape index (κ1) is 24.6. The van der Waals surface area contributed by atoms with Crippen LogP contribution in [0.25, 0.3) is 0 Å². The predicted octanol–water partition coefficient (Wildman–Crippen LogP) is 2.80. The molecule has 11 heteroatoms. The number of nitrogens with two attached hydrogens (primary N) is 1. The molecule has 0 aliphatic carbocycles. The minimum absolute atomic E-state index is 0.258. The Kier molecular flexibility index (Phi) is 7.39. The monoisotopic (exact) mass is 483 g/mol. The fourth-order valence-corrected chi connectivity index (χ4v) is 4.97. The quantitative estimate of drug-likeness (QED) is 0.279. The van der Waals surface area contributed by atoms with Crippen LogP contribution in [0.3, 0.4) is 0 Å². The number of non-ortho nitro benzene ring substituents is 1. The minimum atomic E-state index is -4.44. The van der Waals surface area contributed by atoms with Crippen LogP contribution in [0.2, 0.25) is 0 Å². The van der Waals surface area contributed by atoms with Crippen LogP contribution in [0, 0.1) is 10.1 Å². The van der Waals surface area contributed by atoms with E-state index >= 15 is 0 Å². The number of sulfonamides is 1. The summed E-state index contributed by atoms with van der Waals surface area (Å²) in [5.41, 5.74) is 6.26. The van der Waals surface area contributed by atoms with Gasteiger partial charge in [0.1, 0.15) is 6.04 Å². The molecular formula is C23H21N3O7S. The Morgan fingerprint density at radius 2 is 1.68 bits per heavy atom.